The Balaban J connectivity index is 1.48. The van der Waals surface area contributed by atoms with Crippen LogP contribution in [-0.2, 0) is 14.8 Å². The minimum Gasteiger partial charge on any atom is -0.378 e. The number of rotatable bonds is 6. The molecule has 3 fully saturated rings. The van der Waals surface area contributed by atoms with Gasteiger partial charge < -0.3 is 9.64 Å². The molecule has 0 radical (unpaired) electrons. The molecule has 0 N–H and O–H groups in total. The topological polar surface area (TPSA) is 49.9 Å². The summed E-state index contributed by atoms with van der Waals surface area (Å²) in [6.45, 7) is 9.94. The first-order valence-electron chi connectivity index (χ1n) is 9.01. The Morgan fingerprint density at radius 3 is 2.13 bits per heavy atom. The van der Waals surface area contributed by atoms with Gasteiger partial charge in [0.1, 0.15) is 0 Å². The van der Waals surface area contributed by atoms with E-state index in [9.17, 15) is 8.42 Å². The lowest BCUT2D eigenvalue weighted by atomic mass is 9.77. The Morgan fingerprint density at radius 2 is 1.65 bits per heavy atom. The second-order valence-corrected chi connectivity index (χ2v) is 10.5. The first kappa shape index (κ1) is 17.6. The van der Waals surface area contributed by atoms with Crippen LogP contribution in [0.25, 0.3) is 0 Å². The zero-order valence-corrected chi connectivity index (χ0v) is 15.7. The van der Waals surface area contributed by atoms with Crippen molar-refractivity contribution < 1.29 is 13.2 Å². The summed E-state index contributed by atoms with van der Waals surface area (Å²) in [4.78, 5) is 2.59. The maximum atomic E-state index is 11.7. The van der Waals surface area contributed by atoms with Crippen molar-refractivity contribution in [2.24, 2.45) is 10.8 Å². The highest BCUT2D eigenvalue weighted by molar-refractivity contribution is 7.88. The molecule has 134 valence electrons. The predicted octanol–water partition coefficient (Wildman–Crippen LogP) is 1.94. The third-order valence-corrected chi connectivity index (χ3v) is 7.28. The molecule has 2 aliphatic heterocycles. The lowest BCUT2D eigenvalue weighted by molar-refractivity contribution is 0.0207. The summed E-state index contributed by atoms with van der Waals surface area (Å²) in [5.41, 5.74) is 0.647. The fourth-order valence-electron chi connectivity index (χ4n) is 4.11. The average molecular weight is 345 g/mol. The van der Waals surface area contributed by atoms with Gasteiger partial charge in [-0.1, -0.05) is 0 Å². The summed E-state index contributed by atoms with van der Waals surface area (Å²) in [6, 6.07) is 0. The van der Waals surface area contributed by atoms with Gasteiger partial charge in [-0.05, 0) is 64.5 Å². The smallest absolute Gasteiger partial charge is 0.211 e. The molecule has 0 aromatic rings. The number of nitrogens with zero attached hydrogens (tertiary/aromatic N) is 2. The van der Waals surface area contributed by atoms with Gasteiger partial charge in [0.25, 0.3) is 0 Å². The van der Waals surface area contributed by atoms with Gasteiger partial charge in [0.2, 0.25) is 10.0 Å². The normalized spacial score (nSPS) is 27.8. The van der Waals surface area contributed by atoms with Gasteiger partial charge >= 0.3 is 0 Å². The van der Waals surface area contributed by atoms with E-state index in [1.165, 1.54) is 19.1 Å². The minimum atomic E-state index is -3.02. The molecule has 0 aromatic carbocycles. The van der Waals surface area contributed by atoms with E-state index in [0.29, 0.717) is 18.1 Å². The van der Waals surface area contributed by atoms with Crippen molar-refractivity contribution in [2.75, 3.05) is 45.6 Å². The SMILES string of the molecule is CC(C)OCC1(CN2CCC3(CC2)CCN(S(C)(=O)=O)C3)CC1. The summed E-state index contributed by atoms with van der Waals surface area (Å²) >= 11 is 0. The fourth-order valence-corrected chi connectivity index (χ4v) is 5.04. The highest BCUT2D eigenvalue weighted by Crippen LogP contribution is 2.48. The second kappa shape index (κ2) is 6.28. The summed E-state index contributed by atoms with van der Waals surface area (Å²) < 4.78 is 31.0. The quantitative estimate of drug-likeness (QED) is 0.739. The van der Waals surface area contributed by atoms with Crippen molar-refractivity contribution in [1.29, 1.82) is 0 Å². The molecule has 0 unspecified atom stereocenters. The molecule has 0 amide bonds. The van der Waals surface area contributed by atoms with E-state index in [2.05, 4.69) is 18.7 Å². The Hall–Kier alpha value is -0.170. The molecular formula is C17H32N2O3S. The summed E-state index contributed by atoms with van der Waals surface area (Å²) in [6.07, 6.45) is 7.56. The van der Waals surface area contributed by atoms with E-state index in [1.807, 2.05) is 0 Å². The van der Waals surface area contributed by atoms with Crippen molar-refractivity contribution in [2.45, 2.75) is 52.1 Å². The Bertz CT molecular complexity index is 520. The average Bonchev–Trinajstić information content (AvgIpc) is 3.10. The molecule has 1 aliphatic carbocycles. The van der Waals surface area contributed by atoms with Crippen molar-refractivity contribution in [3.8, 4) is 0 Å². The molecule has 0 atom stereocenters. The van der Waals surface area contributed by atoms with Crippen LogP contribution in [-0.4, -0.2) is 69.3 Å². The number of hydrogen-bond acceptors (Lipinski definition) is 4. The van der Waals surface area contributed by atoms with Crippen LogP contribution >= 0.6 is 0 Å². The van der Waals surface area contributed by atoms with Crippen LogP contribution in [0.4, 0.5) is 0 Å². The van der Waals surface area contributed by atoms with Crippen LogP contribution in [0, 0.1) is 10.8 Å². The van der Waals surface area contributed by atoms with Crippen LogP contribution < -0.4 is 0 Å². The molecule has 3 rings (SSSR count). The van der Waals surface area contributed by atoms with Gasteiger partial charge in [-0.2, -0.15) is 0 Å². The molecular weight excluding hydrogens is 312 g/mol. The van der Waals surface area contributed by atoms with E-state index in [1.54, 1.807) is 4.31 Å². The minimum absolute atomic E-state index is 0.241. The standard InChI is InChI=1S/C17H32N2O3S/c1-15(2)22-14-17(4-5-17)12-18-9-6-16(7-10-18)8-11-19(13-16)23(3,20)21/h15H,4-14H2,1-3H3. The number of sulfonamides is 1. The van der Waals surface area contributed by atoms with E-state index < -0.39 is 10.0 Å². The largest absolute Gasteiger partial charge is 0.378 e. The lowest BCUT2D eigenvalue weighted by Gasteiger charge is -2.40. The molecule has 6 heteroatoms. The van der Waals surface area contributed by atoms with Crippen LogP contribution in [0.3, 0.4) is 0 Å². The van der Waals surface area contributed by atoms with E-state index in [0.717, 1.165) is 52.0 Å². The summed E-state index contributed by atoms with van der Waals surface area (Å²) in [5, 5.41) is 0. The molecule has 2 heterocycles. The Kier molecular flexibility index (Phi) is 4.82. The summed E-state index contributed by atoms with van der Waals surface area (Å²) in [7, 11) is -3.02. The van der Waals surface area contributed by atoms with Gasteiger partial charge in [0.05, 0.1) is 19.0 Å². The maximum Gasteiger partial charge on any atom is 0.211 e. The molecule has 3 aliphatic rings. The third kappa shape index (κ3) is 4.27. The van der Waals surface area contributed by atoms with Gasteiger partial charge in [0, 0.05) is 25.0 Å². The molecule has 23 heavy (non-hydrogen) atoms. The van der Waals surface area contributed by atoms with Crippen LogP contribution in [0.15, 0.2) is 0 Å². The number of hydrogen-bond donors (Lipinski definition) is 0. The van der Waals surface area contributed by atoms with Gasteiger partial charge in [-0.15, -0.1) is 0 Å². The van der Waals surface area contributed by atoms with Crippen molar-refractivity contribution in [3.05, 3.63) is 0 Å². The molecule has 1 spiro atoms. The molecule has 5 nitrogen and oxygen atoms in total. The highest BCUT2D eigenvalue weighted by Gasteiger charge is 2.47. The second-order valence-electron chi connectivity index (χ2n) is 8.48. The summed E-state index contributed by atoms with van der Waals surface area (Å²) in [5.74, 6) is 0. The molecule has 2 saturated heterocycles. The zero-order chi connectivity index (χ0) is 16.7. The Labute approximate surface area is 141 Å². The first-order chi connectivity index (χ1) is 10.7. The monoisotopic (exact) mass is 344 g/mol. The van der Waals surface area contributed by atoms with Crippen LogP contribution in [0.2, 0.25) is 0 Å². The van der Waals surface area contributed by atoms with E-state index in [-0.39, 0.29) is 5.41 Å². The maximum absolute atomic E-state index is 11.7. The van der Waals surface area contributed by atoms with Crippen molar-refractivity contribution in [3.63, 3.8) is 0 Å². The molecule has 0 aromatic heterocycles. The van der Waals surface area contributed by atoms with Crippen molar-refractivity contribution in [1.82, 2.24) is 9.21 Å². The van der Waals surface area contributed by atoms with Crippen LogP contribution in [0.5, 0.6) is 0 Å². The van der Waals surface area contributed by atoms with E-state index >= 15 is 0 Å². The highest BCUT2D eigenvalue weighted by atomic mass is 32.2. The predicted molar refractivity (Wildman–Crippen MR) is 91.9 cm³/mol. The number of ether oxygens (including phenoxy) is 1. The molecule has 1 saturated carbocycles. The zero-order valence-electron chi connectivity index (χ0n) is 14.9. The lowest BCUT2D eigenvalue weighted by Crippen LogP contribution is -2.44. The third-order valence-electron chi connectivity index (χ3n) is 6.03. The number of piperidine rings is 1. The van der Waals surface area contributed by atoms with Gasteiger partial charge in [-0.25, -0.2) is 12.7 Å². The van der Waals surface area contributed by atoms with Crippen molar-refractivity contribution >= 4 is 10.0 Å². The van der Waals surface area contributed by atoms with Gasteiger partial charge in [0.15, 0.2) is 0 Å². The van der Waals surface area contributed by atoms with E-state index in [4.69, 9.17) is 4.74 Å². The number of likely N-dealkylation sites (tertiary alicyclic amines) is 1. The van der Waals surface area contributed by atoms with Crippen LogP contribution in [0.1, 0.15) is 46.0 Å². The first-order valence-corrected chi connectivity index (χ1v) is 10.9. The Morgan fingerprint density at radius 1 is 1.04 bits per heavy atom. The molecule has 0 bridgehead atoms. The van der Waals surface area contributed by atoms with Gasteiger partial charge in [-0.3, -0.25) is 0 Å². The fraction of sp³-hybridized carbons (Fsp3) is 1.00.